The Morgan fingerprint density at radius 2 is 2.05 bits per heavy atom. The smallest absolute Gasteiger partial charge is 0.165 e. The molecule has 0 fully saturated rings. The van der Waals surface area contributed by atoms with E-state index in [-0.39, 0.29) is 0 Å². The molecule has 0 aromatic heterocycles. The molecule has 1 aromatic carbocycles. The van der Waals surface area contributed by atoms with Crippen LogP contribution in [0.4, 0.5) is 0 Å². The fourth-order valence-corrected chi connectivity index (χ4v) is 1.80. The van der Waals surface area contributed by atoms with E-state index in [2.05, 4.69) is 32.2 Å². The second-order valence-electron chi connectivity index (χ2n) is 5.18. The maximum atomic E-state index is 5.91. The second-order valence-corrected chi connectivity index (χ2v) is 5.18. The van der Waals surface area contributed by atoms with Crippen LogP contribution in [0.25, 0.3) is 0 Å². The molecule has 3 nitrogen and oxygen atoms in total. The van der Waals surface area contributed by atoms with Gasteiger partial charge in [-0.1, -0.05) is 39.3 Å². The van der Waals surface area contributed by atoms with Crippen LogP contribution in [0.15, 0.2) is 18.2 Å². The molecular formula is C16H27NO2. The second kappa shape index (κ2) is 8.81. The van der Waals surface area contributed by atoms with Crippen molar-refractivity contribution < 1.29 is 9.47 Å². The minimum absolute atomic E-state index is 0.505. The monoisotopic (exact) mass is 265 g/mol. The highest BCUT2D eigenvalue weighted by molar-refractivity contribution is 5.46. The maximum absolute atomic E-state index is 5.91. The van der Waals surface area contributed by atoms with Crippen LogP contribution in [0.2, 0.25) is 0 Å². The first-order valence-corrected chi connectivity index (χ1v) is 7.18. The molecule has 0 aliphatic heterocycles. The van der Waals surface area contributed by atoms with Gasteiger partial charge in [0, 0.05) is 12.1 Å². The molecule has 108 valence electrons. The number of methoxy groups -OCH3 is 1. The highest BCUT2D eigenvalue weighted by atomic mass is 16.5. The highest BCUT2D eigenvalue weighted by Gasteiger charge is 2.10. The van der Waals surface area contributed by atoms with Gasteiger partial charge in [-0.3, -0.25) is 0 Å². The number of unbranched alkanes of at least 4 members (excludes halogenated alkanes) is 1. The highest BCUT2D eigenvalue weighted by Crippen LogP contribution is 2.31. The van der Waals surface area contributed by atoms with Crippen LogP contribution in [0, 0.1) is 5.92 Å². The van der Waals surface area contributed by atoms with Gasteiger partial charge in [0.25, 0.3) is 0 Å². The topological polar surface area (TPSA) is 30.5 Å². The summed E-state index contributed by atoms with van der Waals surface area (Å²) in [5, 5.41) is 3.45. The van der Waals surface area contributed by atoms with E-state index < -0.39 is 0 Å². The third-order valence-electron chi connectivity index (χ3n) is 2.86. The lowest BCUT2D eigenvalue weighted by Gasteiger charge is -2.16. The summed E-state index contributed by atoms with van der Waals surface area (Å²) < 4.78 is 11.3. The number of ether oxygens (including phenoxy) is 2. The molecule has 0 bridgehead atoms. The standard InChI is InChI=1S/C16H27NO2/c1-5-6-10-17-11-14-8-7-9-15(18-4)16(14)19-12-13(2)3/h7-9,13,17H,5-6,10-12H2,1-4H3. The molecule has 0 spiro atoms. The first-order valence-electron chi connectivity index (χ1n) is 7.18. The molecule has 0 aliphatic rings. The fourth-order valence-electron chi connectivity index (χ4n) is 1.80. The first kappa shape index (κ1) is 15.8. The lowest BCUT2D eigenvalue weighted by molar-refractivity contribution is 0.254. The molecule has 0 saturated heterocycles. The van der Waals surface area contributed by atoms with Crippen LogP contribution in [0.5, 0.6) is 11.5 Å². The Labute approximate surface area is 117 Å². The molecule has 3 heteroatoms. The molecule has 0 aliphatic carbocycles. The Morgan fingerprint density at radius 3 is 2.68 bits per heavy atom. The predicted octanol–water partition coefficient (Wildman–Crippen LogP) is 3.62. The Balaban J connectivity index is 2.71. The van der Waals surface area contributed by atoms with E-state index >= 15 is 0 Å². The van der Waals surface area contributed by atoms with E-state index in [1.807, 2.05) is 12.1 Å². The van der Waals surface area contributed by atoms with E-state index in [0.29, 0.717) is 12.5 Å². The van der Waals surface area contributed by atoms with Gasteiger partial charge in [-0.2, -0.15) is 0 Å². The van der Waals surface area contributed by atoms with Crippen molar-refractivity contribution in [2.24, 2.45) is 5.92 Å². The van der Waals surface area contributed by atoms with Gasteiger partial charge in [0.2, 0.25) is 0 Å². The van der Waals surface area contributed by atoms with Crippen molar-refractivity contribution in [1.29, 1.82) is 0 Å². The number of nitrogens with one attached hydrogen (secondary N) is 1. The van der Waals surface area contributed by atoms with Gasteiger partial charge >= 0.3 is 0 Å². The third kappa shape index (κ3) is 5.52. The normalized spacial score (nSPS) is 10.8. The van der Waals surface area contributed by atoms with E-state index in [1.54, 1.807) is 7.11 Å². The molecule has 1 aromatic rings. The number of para-hydroxylation sites is 1. The summed E-state index contributed by atoms with van der Waals surface area (Å²) in [5.41, 5.74) is 1.16. The number of rotatable bonds is 9. The number of hydrogen-bond donors (Lipinski definition) is 1. The van der Waals surface area contributed by atoms with Crippen molar-refractivity contribution >= 4 is 0 Å². The van der Waals surface area contributed by atoms with Crippen molar-refractivity contribution in [2.75, 3.05) is 20.3 Å². The lowest BCUT2D eigenvalue weighted by Crippen LogP contribution is -2.16. The average Bonchev–Trinajstić information content (AvgIpc) is 2.41. The zero-order valence-electron chi connectivity index (χ0n) is 12.7. The Kier molecular flexibility index (Phi) is 7.34. The molecule has 1 rings (SSSR count). The minimum atomic E-state index is 0.505. The largest absolute Gasteiger partial charge is 0.493 e. The summed E-state index contributed by atoms with van der Waals surface area (Å²) in [6.45, 7) is 9.07. The molecule has 0 amide bonds. The zero-order chi connectivity index (χ0) is 14.1. The van der Waals surface area contributed by atoms with Gasteiger partial charge < -0.3 is 14.8 Å². The summed E-state index contributed by atoms with van der Waals surface area (Å²) in [5.74, 6) is 2.20. The van der Waals surface area contributed by atoms with E-state index in [9.17, 15) is 0 Å². The van der Waals surface area contributed by atoms with Crippen LogP contribution in [0.1, 0.15) is 39.2 Å². The fraction of sp³-hybridized carbons (Fsp3) is 0.625. The number of hydrogen-bond acceptors (Lipinski definition) is 3. The maximum Gasteiger partial charge on any atom is 0.165 e. The predicted molar refractivity (Wildman–Crippen MR) is 79.9 cm³/mol. The molecule has 0 heterocycles. The van der Waals surface area contributed by atoms with Crippen LogP contribution in [0.3, 0.4) is 0 Å². The molecule has 1 N–H and O–H groups in total. The molecule has 0 radical (unpaired) electrons. The SMILES string of the molecule is CCCCNCc1cccc(OC)c1OCC(C)C. The van der Waals surface area contributed by atoms with Gasteiger partial charge in [0.1, 0.15) is 0 Å². The minimum Gasteiger partial charge on any atom is -0.493 e. The van der Waals surface area contributed by atoms with E-state index in [0.717, 1.165) is 30.2 Å². The summed E-state index contributed by atoms with van der Waals surface area (Å²) in [4.78, 5) is 0. The van der Waals surface area contributed by atoms with Crippen molar-refractivity contribution in [3.63, 3.8) is 0 Å². The zero-order valence-corrected chi connectivity index (χ0v) is 12.7. The Morgan fingerprint density at radius 1 is 1.26 bits per heavy atom. The quantitative estimate of drug-likeness (QED) is 0.692. The average molecular weight is 265 g/mol. The van der Waals surface area contributed by atoms with E-state index in [1.165, 1.54) is 12.8 Å². The summed E-state index contributed by atoms with van der Waals surface area (Å²) in [6.07, 6.45) is 2.41. The lowest BCUT2D eigenvalue weighted by atomic mass is 10.1. The van der Waals surface area contributed by atoms with Crippen molar-refractivity contribution in [2.45, 2.75) is 40.2 Å². The summed E-state index contributed by atoms with van der Waals surface area (Å²) in [6, 6.07) is 6.06. The van der Waals surface area contributed by atoms with Gasteiger partial charge in [-0.05, 0) is 24.9 Å². The van der Waals surface area contributed by atoms with Crippen LogP contribution in [-0.4, -0.2) is 20.3 Å². The van der Waals surface area contributed by atoms with Crippen LogP contribution >= 0.6 is 0 Å². The number of benzene rings is 1. The van der Waals surface area contributed by atoms with Gasteiger partial charge in [-0.15, -0.1) is 0 Å². The summed E-state index contributed by atoms with van der Waals surface area (Å²) in [7, 11) is 1.69. The molecular weight excluding hydrogens is 238 g/mol. The van der Waals surface area contributed by atoms with Crippen molar-refractivity contribution in [1.82, 2.24) is 5.32 Å². The molecule has 0 atom stereocenters. The third-order valence-corrected chi connectivity index (χ3v) is 2.86. The Hall–Kier alpha value is -1.22. The van der Waals surface area contributed by atoms with Gasteiger partial charge in [0.15, 0.2) is 11.5 Å². The van der Waals surface area contributed by atoms with E-state index in [4.69, 9.17) is 9.47 Å². The van der Waals surface area contributed by atoms with Crippen molar-refractivity contribution in [3.8, 4) is 11.5 Å². The molecule has 0 unspecified atom stereocenters. The molecule has 19 heavy (non-hydrogen) atoms. The van der Waals surface area contributed by atoms with Crippen LogP contribution < -0.4 is 14.8 Å². The van der Waals surface area contributed by atoms with Gasteiger partial charge in [-0.25, -0.2) is 0 Å². The Bertz CT molecular complexity index is 364. The van der Waals surface area contributed by atoms with Crippen LogP contribution in [-0.2, 0) is 6.54 Å². The molecule has 0 saturated carbocycles. The summed E-state index contributed by atoms with van der Waals surface area (Å²) >= 11 is 0. The van der Waals surface area contributed by atoms with Crippen molar-refractivity contribution in [3.05, 3.63) is 23.8 Å². The van der Waals surface area contributed by atoms with Gasteiger partial charge in [0.05, 0.1) is 13.7 Å². The first-order chi connectivity index (χ1) is 9.19.